The average molecular weight is 310 g/mol. The van der Waals surface area contributed by atoms with Crippen molar-refractivity contribution in [1.29, 1.82) is 0 Å². The molecule has 0 bridgehead atoms. The molecule has 4 rings (SSSR count). The standard InChI is InChI=1S/C16H12ClN5/c1-21-16-19-18-10-22(16)14-8-7-12(17)9-13(14)15(20-21)11-5-3-2-4-6-11/h2-10H,1H3. The van der Waals surface area contributed by atoms with Crippen molar-refractivity contribution in [3.05, 3.63) is 71.0 Å². The number of fused-ring (bicyclic) bond motifs is 3. The van der Waals surface area contributed by atoms with E-state index in [0.29, 0.717) is 11.0 Å². The molecule has 2 aromatic carbocycles. The number of rotatable bonds is 1. The minimum atomic E-state index is 0.662. The predicted molar refractivity (Wildman–Crippen MR) is 86.9 cm³/mol. The van der Waals surface area contributed by atoms with Gasteiger partial charge in [0.2, 0.25) is 0 Å². The molecule has 0 unspecified atom stereocenters. The molecule has 0 N–H and O–H groups in total. The maximum Gasteiger partial charge on any atom is 0.251 e. The summed E-state index contributed by atoms with van der Waals surface area (Å²) in [6.07, 6.45) is 1.68. The van der Waals surface area contributed by atoms with Gasteiger partial charge in [0, 0.05) is 23.2 Å². The molecule has 1 aliphatic heterocycles. The van der Waals surface area contributed by atoms with Crippen LogP contribution in [0.4, 0.5) is 5.95 Å². The van der Waals surface area contributed by atoms with Crippen LogP contribution >= 0.6 is 11.6 Å². The van der Waals surface area contributed by atoms with Crippen LogP contribution in [0, 0.1) is 0 Å². The maximum atomic E-state index is 6.21. The quantitative estimate of drug-likeness (QED) is 0.694. The Hall–Kier alpha value is -2.66. The molecule has 2 heterocycles. The van der Waals surface area contributed by atoms with E-state index in [1.165, 1.54) is 0 Å². The van der Waals surface area contributed by atoms with Crippen LogP contribution in [0.3, 0.4) is 0 Å². The second-order valence-electron chi connectivity index (χ2n) is 5.00. The van der Waals surface area contributed by atoms with Crippen molar-refractivity contribution >= 4 is 23.3 Å². The van der Waals surface area contributed by atoms with Crippen LogP contribution in [-0.4, -0.2) is 27.5 Å². The summed E-state index contributed by atoms with van der Waals surface area (Å²) in [7, 11) is 1.86. The minimum Gasteiger partial charge on any atom is -0.266 e. The summed E-state index contributed by atoms with van der Waals surface area (Å²) in [6, 6.07) is 15.8. The van der Waals surface area contributed by atoms with E-state index in [4.69, 9.17) is 16.7 Å². The van der Waals surface area contributed by atoms with Gasteiger partial charge in [-0.3, -0.25) is 4.57 Å². The highest BCUT2D eigenvalue weighted by Crippen LogP contribution is 2.29. The lowest BCUT2D eigenvalue weighted by atomic mass is 10.0. The molecule has 0 atom stereocenters. The summed E-state index contributed by atoms with van der Waals surface area (Å²) in [6.45, 7) is 0. The number of hydrogen-bond acceptors (Lipinski definition) is 4. The molecule has 22 heavy (non-hydrogen) atoms. The molecule has 5 nitrogen and oxygen atoms in total. The van der Waals surface area contributed by atoms with Crippen molar-refractivity contribution in [2.45, 2.75) is 0 Å². The zero-order chi connectivity index (χ0) is 15.1. The third kappa shape index (κ3) is 1.98. The van der Waals surface area contributed by atoms with Gasteiger partial charge in [0.05, 0.1) is 5.69 Å². The fraction of sp³-hybridized carbons (Fsp3) is 0.0625. The Morgan fingerprint density at radius 2 is 1.86 bits per heavy atom. The van der Waals surface area contributed by atoms with Crippen LogP contribution in [0.1, 0.15) is 11.1 Å². The Balaban J connectivity index is 2.03. The van der Waals surface area contributed by atoms with E-state index in [-0.39, 0.29) is 0 Å². The van der Waals surface area contributed by atoms with Gasteiger partial charge >= 0.3 is 0 Å². The van der Waals surface area contributed by atoms with Gasteiger partial charge in [0.25, 0.3) is 5.95 Å². The topological polar surface area (TPSA) is 46.3 Å². The van der Waals surface area contributed by atoms with Crippen molar-refractivity contribution < 1.29 is 0 Å². The van der Waals surface area contributed by atoms with Gasteiger partial charge in [-0.2, -0.15) is 5.10 Å². The average Bonchev–Trinajstić information content (AvgIpc) is 2.99. The molecular weight excluding hydrogens is 298 g/mol. The third-order valence-corrected chi connectivity index (χ3v) is 3.82. The number of halogens is 1. The summed E-state index contributed by atoms with van der Waals surface area (Å²) < 4.78 is 1.91. The number of hydrazone groups is 1. The van der Waals surface area contributed by atoms with Crippen molar-refractivity contribution in [2.24, 2.45) is 5.10 Å². The van der Waals surface area contributed by atoms with Crippen molar-refractivity contribution in [3.63, 3.8) is 0 Å². The highest BCUT2D eigenvalue weighted by molar-refractivity contribution is 6.31. The molecule has 108 valence electrons. The molecular formula is C16H12ClN5. The zero-order valence-corrected chi connectivity index (χ0v) is 12.6. The van der Waals surface area contributed by atoms with Gasteiger partial charge in [-0.25, -0.2) is 5.01 Å². The number of benzene rings is 2. The first-order valence-electron chi connectivity index (χ1n) is 6.82. The van der Waals surface area contributed by atoms with E-state index in [9.17, 15) is 0 Å². The lowest BCUT2D eigenvalue weighted by Gasteiger charge is -2.10. The second kappa shape index (κ2) is 4.96. The van der Waals surface area contributed by atoms with Gasteiger partial charge in [-0.15, -0.1) is 10.2 Å². The lowest BCUT2D eigenvalue weighted by Crippen LogP contribution is -2.14. The van der Waals surface area contributed by atoms with Crippen molar-refractivity contribution in [3.8, 4) is 5.69 Å². The fourth-order valence-electron chi connectivity index (χ4n) is 2.59. The first-order valence-corrected chi connectivity index (χ1v) is 7.20. The lowest BCUT2D eigenvalue weighted by molar-refractivity contribution is 0.907. The molecule has 0 amide bonds. The first-order chi connectivity index (χ1) is 10.7. The van der Waals surface area contributed by atoms with Crippen molar-refractivity contribution in [2.75, 3.05) is 12.1 Å². The van der Waals surface area contributed by atoms with Crippen molar-refractivity contribution in [1.82, 2.24) is 14.8 Å². The van der Waals surface area contributed by atoms with Gasteiger partial charge in [-0.05, 0) is 18.2 Å². The predicted octanol–water partition coefficient (Wildman–Crippen LogP) is 3.12. The Morgan fingerprint density at radius 1 is 1.05 bits per heavy atom. The molecule has 1 aliphatic rings. The first kappa shape index (κ1) is 13.0. The summed E-state index contributed by atoms with van der Waals surface area (Å²) in [5, 5.41) is 15.2. The van der Waals surface area contributed by atoms with E-state index in [0.717, 1.165) is 22.5 Å². The highest BCUT2D eigenvalue weighted by atomic mass is 35.5. The number of hydrogen-bond donors (Lipinski definition) is 0. The molecule has 0 fully saturated rings. The van der Waals surface area contributed by atoms with Crippen LogP contribution < -0.4 is 5.01 Å². The van der Waals surface area contributed by atoms with Gasteiger partial charge < -0.3 is 0 Å². The molecule has 0 saturated heterocycles. The Morgan fingerprint density at radius 3 is 2.68 bits per heavy atom. The summed E-state index contributed by atoms with van der Waals surface area (Å²) in [5.74, 6) is 0.662. The number of aromatic nitrogens is 3. The number of nitrogens with zero attached hydrogens (tertiary/aromatic N) is 5. The molecule has 0 saturated carbocycles. The van der Waals surface area contributed by atoms with Gasteiger partial charge in [0.1, 0.15) is 12.0 Å². The normalized spacial score (nSPS) is 13.2. The Labute approximate surface area is 132 Å². The van der Waals surface area contributed by atoms with E-state index >= 15 is 0 Å². The monoisotopic (exact) mass is 309 g/mol. The fourth-order valence-corrected chi connectivity index (χ4v) is 2.76. The molecule has 6 heteroatoms. The smallest absolute Gasteiger partial charge is 0.251 e. The molecule has 0 aliphatic carbocycles. The Bertz CT molecular complexity index is 869. The molecule has 3 aromatic rings. The third-order valence-electron chi connectivity index (χ3n) is 3.59. The van der Waals surface area contributed by atoms with Crippen LogP contribution in [0.2, 0.25) is 5.02 Å². The zero-order valence-electron chi connectivity index (χ0n) is 11.8. The van der Waals surface area contributed by atoms with E-state index < -0.39 is 0 Å². The summed E-state index contributed by atoms with van der Waals surface area (Å²) in [4.78, 5) is 0. The Kier molecular flexibility index (Phi) is 2.94. The summed E-state index contributed by atoms with van der Waals surface area (Å²) >= 11 is 6.21. The second-order valence-corrected chi connectivity index (χ2v) is 5.44. The number of anilines is 1. The van der Waals surface area contributed by atoms with Gasteiger partial charge in [0.15, 0.2) is 0 Å². The molecule has 0 radical (unpaired) electrons. The van der Waals surface area contributed by atoms with Crippen LogP contribution in [-0.2, 0) is 0 Å². The van der Waals surface area contributed by atoms with E-state index in [2.05, 4.69) is 10.2 Å². The maximum absolute atomic E-state index is 6.21. The molecule has 0 spiro atoms. The molecule has 1 aromatic heterocycles. The minimum absolute atomic E-state index is 0.662. The van der Waals surface area contributed by atoms with Crippen LogP contribution in [0.25, 0.3) is 5.69 Å². The highest BCUT2D eigenvalue weighted by Gasteiger charge is 2.22. The largest absolute Gasteiger partial charge is 0.266 e. The van der Waals surface area contributed by atoms with E-state index in [1.807, 2.05) is 60.1 Å². The summed E-state index contributed by atoms with van der Waals surface area (Å²) in [5.41, 5.74) is 3.78. The van der Waals surface area contributed by atoms with Crippen LogP contribution in [0.15, 0.2) is 60.0 Å². The SMILES string of the molecule is CN1N=C(c2ccccc2)c2cc(Cl)ccc2-n2cnnc21. The van der Waals surface area contributed by atoms with Crippen LogP contribution in [0.5, 0.6) is 0 Å². The van der Waals surface area contributed by atoms with Gasteiger partial charge in [-0.1, -0.05) is 41.9 Å². The van der Waals surface area contributed by atoms with E-state index in [1.54, 1.807) is 11.3 Å².